The van der Waals surface area contributed by atoms with Crippen LogP contribution in [0, 0.1) is 0 Å². The standard InChI is InChI=1S/C34H31N3OS/c1-21(2)23-15-16-29-27(19-23)28-20-26(22(3)4)33(36-34(28)37(29)30-12-5-6-13-31(30)38)24-10-9-11-25(18-24)39-32-14-7-8-17-35-32/h5-22,38H,1-4H3. The monoisotopic (exact) mass is 529 g/mol. The van der Waals surface area contributed by atoms with Crippen molar-refractivity contribution >= 4 is 33.7 Å². The number of aromatic hydroxyl groups is 1. The van der Waals surface area contributed by atoms with Crippen molar-refractivity contribution in [3.63, 3.8) is 0 Å². The Balaban J connectivity index is 1.63. The SMILES string of the molecule is CC(C)c1ccc2c(c1)c1cc(C(C)C)c(-c3cccc(Sc4ccccn4)c3)nc1n2-c1ccccc1O. The van der Waals surface area contributed by atoms with E-state index in [4.69, 9.17) is 4.98 Å². The number of nitrogens with zero attached hydrogens (tertiary/aromatic N) is 3. The molecule has 3 aromatic heterocycles. The number of phenols is 1. The molecule has 0 aliphatic rings. The molecule has 0 saturated heterocycles. The van der Waals surface area contributed by atoms with Gasteiger partial charge < -0.3 is 5.11 Å². The summed E-state index contributed by atoms with van der Waals surface area (Å²) < 4.78 is 2.10. The van der Waals surface area contributed by atoms with Crippen molar-refractivity contribution in [1.29, 1.82) is 0 Å². The third-order valence-corrected chi connectivity index (χ3v) is 8.11. The normalized spacial score (nSPS) is 11.7. The number of benzene rings is 3. The summed E-state index contributed by atoms with van der Waals surface area (Å²) in [6, 6.07) is 30.9. The highest BCUT2D eigenvalue weighted by molar-refractivity contribution is 7.99. The van der Waals surface area contributed by atoms with Gasteiger partial charge in [-0.15, -0.1) is 0 Å². The van der Waals surface area contributed by atoms with Crippen LogP contribution in [-0.4, -0.2) is 19.6 Å². The number of hydrogen-bond donors (Lipinski definition) is 1. The Morgan fingerprint density at radius 3 is 2.33 bits per heavy atom. The zero-order valence-corrected chi connectivity index (χ0v) is 23.4. The van der Waals surface area contributed by atoms with E-state index < -0.39 is 0 Å². The van der Waals surface area contributed by atoms with E-state index in [0.717, 1.165) is 48.8 Å². The second-order valence-corrected chi connectivity index (χ2v) is 11.6. The molecule has 0 atom stereocenters. The molecule has 0 unspecified atom stereocenters. The fourth-order valence-corrected chi connectivity index (χ4v) is 5.96. The van der Waals surface area contributed by atoms with Gasteiger partial charge >= 0.3 is 0 Å². The Kier molecular flexibility index (Phi) is 6.61. The second-order valence-electron chi connectivity index (χ2n) is 10.5. The number of aromatic nitrogens is 3. The lowest BCUT2D eigenvalue weighted by Crippen LogP contribution is -2.00. The van der Waals surface area contributed by atoms with Crippen LogP contribution in [0.15, 0.2) is 107 Å². The summed E-state index contributed by atoms with van der Waals surface area (Å²) >= 11 is 1.65. The Morgan fingerprint density at radius 1 is 0.769 bits per heavy atom. The number of rotatable bonds is 6. The molecular formula is C34H31N3OS. The summed E-state index contributed by atoms with van der Waals surface area (Å²) in [5.74, 6) is 0.921. The first-order valence-corrected chi connectivity index (χ1v) is 14.2. The van der Waals surface area contributed by atoms with Crippen LogP contribution < -0.4 is 0 Å². The van der Waals surface area contributed by atoms with Gasteiger partial charge in [-0.25, -0.2) is 9.97 Å². The summed E-state index contributed by atoms with van der Waals surface area (Å²) in [6.45, 7) is 8.88. The molecule has 6 rings (SSSR count). The third kappa shape index (κ3) is 4.68. The zero-order valence-electron chi connectivity index (χ0n) is 22.6. The van der Waals surface area contributed by atoms with E-state index in [1.165, 1.54) is 11.1 Å². The Morgan fingerprint density at radius 2 is 1.59 bits per heavy atom. The summed E-state index contributed by atoms with van der Waals surface area (Å²) in [5, 5.41) is 14.1. The van der Waals surface area contributed by atoms with Crippen molar-refractivity contribution in [2.24, 2.45) is 0 Å². The lowest BCUT2D eigenvalue weighted by atomic mass is 9.95. The van der Waals surface area contributed by atoms with Gasteiger partial charge in [-0.2, -0.15) is 0 Å². The average molecular weight is 530 g/mol. The first-order chi connectivity index (χ1) is 18.9. The third-order valence-electron chi connectivity index (χ3n) is 7.17. The predicted octanol–water partition coefficient (Wildman–Crippen LogP) is 9.34. The molecule has 0 aliphatic heterocycles. The average Bonchev–Trinajstić information content (AvgIpc) is 3.26. The molecule has 0 bridgehead atoms. The Bertz CT molecular complexity index is 1810. The van der Waals surface area contributed by atoms with Gasteiger partial charge in [-0.3, -0.25) is 4.57 Å². The lowest BCUT2D eigenvalue weighted by molar-refractivity contribution is 0.473. The molecule has 0 radical (unpaired) electrons. The molecule has 0 saturated carbocycles. The van der Waals surface area contributed by atoms with Crippen LogP contribution in [0.25, 0.3) is 38.9 Å². The molecule has 0 spiro atoms. The molecule has 0 fully saturated rings. The minimum Gasteiger partial charge on any atom is -0.506 e. The molecule has 0 amide bonds. The van der Waals surface area contributed by atoms with Gasteiger partial charge in [0.25, 0.3) is 0 Å². The molecule has 1 N–H and O–H groups in total. The highest BCUT2D eigenvalue weighted by Gasteiger charge is 2.21. The Labute approximate surface area is 233 Å². The Hall–Kier alpha value is -4.09. The highest BCUT2D eigenvalue weighted by atomic mass is 32.2. The van der Waals surface area contributed by atoms with Crippen LogP contribution in [0.3, 0.4) is 0 Å². The first-order valence-electron chi connectivity index (χ1n) is 13.4. The van der Waals surface area contributed by atoms with Crippen LogP contribution >= 0.6 is 11.8 Å². The highest BCUT2D eigenvalue weighted by Crippen LogP contribution is 2.40. The van der Waals surface area contributed by atoms with Gasteiger partial charge in [0.2, 0.25) is 0 Å². The molecule has 5 heteroatoms. The maximum atomic E-state index is 10.9. The van der Waals surface area contributed by atoms with Crippen LogP contribution in [0.5, 0.6) is 5.75 Å². The van der Waals surface area contributed by atoms with E-state index in [1.807, 2.05) is 42.6 Å². The molecule has 6 aromatic rings. The molecule has 4 nitrogen and oxygen atoms in total. The van der Waals surface area contributed by atoms with Crippen LogP contribution in [0.2, 0.25) is 0 Å². The number of para-hydroxylation sites is 2. The van der Waals surface area contributed by atoms with Gasteiger partial charge in [0.1, 0.15) is 16.4 Å². The minimum absolute atomic E-state index is 0.231. The number of phenolic OH excluding ortho intramolecular Hbond substituents is 1. The van der Waals surface area contributed by atoms with Crippen LogP contribution in [-0.2, 0) is 0 Å². The maximum absolute atomic E-state index is 10.9. The fraction of sp³-hybridized carbons (Fsp3) is 0.176. The van der Waals surface area contributed by atoms with E-state index >= 15 is 0 Å². The first kappa shape index (κ1) is 25.2. The van der Waals surface area contributed by atoms with Crippen molar-refractivity contribution in [2.45, 2.75) is 49.5 Å². The van der Waals surface area contributed by atoms with Crippen molar-refractivity contribution in [2.75, 3.05) is 0 Å². The van der Waals surface area contributed by atoms with Gasteiger partial charge in [0.15, 0.2) is 0 Å². The second kappa shape index (κ2) is 10.2. The summed E-state index contributed by atoms with van der Waals surface area (Å²) in [7, 11) is 0. The van der Waals surface area contributed by atoms with Crippen molar-refractivity contribution < 1.29 is 5.11 Å². The zero-order chi connectivity index (χ0) is 27.1. The maximum Gasteiger partial charge on any atom is 0.146 e. The van der Waals surface area contributed by atoms with E-state index in [9.17, 15) is 5.11 Å². The van der Waals surface area contributed by atoms with Gasteiger partial charge in [-0.05, 0) is 77.6 Å². The quantitative estimate of drug-likeness (QED) is 0.233. The van der Waals surface area contributed by atoms with Crippen molar-refractivity contribution in [3.05, 3.63) is 108 Å². The molecule has 194 valence electrons. The smallest absolute Gasteiger partial charge is 0.146 e. The number of fused-ring (bicyclic) bond motifs is 3. The summed E-state index contributed by atoms with van der Waals surface area (Å²) in [6.07, 6.45) is 1.82. The minimum atomic E-state index is 0.231. The van der Waals surface area contributed by atoms with Gasteiger partial charge in [0, 0.05) is 27.4 Å². The van der Waals surface area contributed by atoms with Crippen molar-refractivity contribution in [3.8, 4) is 22.7 Å². The van der Waals surface area contributed by atoms with E-state index in [-0.39, 0.29) is 11.7 Å². The molecule has 0 aliphatic carbocycles. The summed E-state index contributed by atoms with van der Waals surface area (Å²) in [4.78, 5) is 11.0. The van der Waals surface area contributed by atoms with Crippen LogP contribution in [0.1, 0.15) is 50.7 Å². The van der Waals surface area contributed by atoms with Gasteiger partial charge in [0.05, 0.1) is 16.9 Å². The fourth-order valence-electron chi connectivity index (χ4n) is 5.13. The number of pyridine rings is 2. The van der Waals surface area contributed by atoms with E-state index in [2.05, 4.69) is 85.8 Å². The van der Waals surface area contributed by atoms with E-state index in [0.29, 0.717) is 5.92 Å². The molecule has 39 heavy (non-hydrogen) atoms. The number of hydrogen-bond acceptors (Lipinski definition) is 4. The molecule has 3 heterocycles. The van der Waals surface area contributed by atoms with Crippen molar-refractivity contribution in [1.82, 2.24) is 14.5 Å². The molecular weight excluding hydrogens is 498 g/mol. The van der Waals surface area contributed by atoms with Gasteiger partial charge in [-0.1, -0.05) is 75.9 Å². The summed E-state index contributed by atoms with van der Waals surface area (Å²) in [5.41, 5.74) is 7.12. The molecule has 3 aromatic carbocycles. The largest absolute Gasteiger partial charge is 0.506 e. The lowest BCUT2D eigenvalue weighted by Gasteiger charge is -2.15. The van der Waals surface area contributed by atoms with E-state index in [1.54, 1.807) is 17.8 Å². The van der Waals surface area contributed by atoms with Crippen LogP contribution in [0.4, 0.5) is 0 Å². The topological polar surface area (TPSA) is 50.9 Å². The predicted molar refractivity (Wildman–Crippen MR) is 162 cm³/mol.